The SMILES string of the molecule is CC(C)c1nn(-c2nc3ccccc3s2)c(-c2ccc(F)cc2)c1CCC1CC(O)CC(=O)O1. The molecule has 0 radical (unpaired) electrons. The number of para-hydroxylation sites is 1. The number of carbonyl (C=O) groups excluding carboxylic acids is 1. The minimum Gasteiger partial charge on any atom is -0.462 e. The number of esters is 1. The quantitative estimate of drug-likeness (QED) is 0.374. The fourth-order valence-corrected chi connectivity index (χ4v) is 5.44. The first kappa shape index (κ1) is 22.7. The summed E-state index contributed by atoms with van der Waals surface area (Å²) in [6, 6.07) is 14.4. The van der Waals surface area contributed by atoms with Gasteiger partial charge in [0, 0.05) is 17.5 Å². The summed E-state index contributed by atoms with van der Waals surface area (Å²) in [5, 5.41) is 15.7. The number of aromatic nitrogens is 3. The van der Waals surface area contributed by atoms with Gasteiger partial charge in [-0.2, -0.15) is 5.10 Å². The molecule has 4 aromatic rings. The molecule has 2 aromatic heterocycles. The summed E-state index contributed by atoms with van der Waals surface area (Å²) in [6.07, 6.45) is 0.643. The Bertz CT molecular complexity index is 1300. The van der Waals surface area contributed by atoms with Crippen LogP contribution in [0.25, 0.3) is 26.6 Å². The smallest absolute Gasteiger partial charge is 0.308 e. The van der Waals surface area contributed by atoms with Gasteiger partial charge in [-0.25, -0.2) is 14.1 Å². The van der Waals surface area contributed by atoms with Gasteiger partial charge in [-0.3, -0.25) is 4.79 Å². The second kappa shape index (κ2) is 9.27. The molecule has 2 unspecified atom stereocenters. The van der Waals surface area contributed by atoms with E-state index in [-0.39, 0.29) is 30.2 Å². The van der Waals surface area contributed by atoms with Crippen LogP contribution >= 0.6 is 11.3 Å². The van der Waals surface area contributed by atoms with E-state index in [0.717, 1.165) is 37.9 Å². The number of hydrogen-bond acceptors (Lipinski definition) is 6. The minimum atomic E-state index is -0.669. The number of nitrogens with zero attached hydrogens (tertiary/aromatic N) is 3. The first-order valence-electron chi connectivity index (χ1n) is 11.5. The maximum atomic E-state index is 13.8. The maximum absolute atomic E-state index is 13.8. The van der Waals surface area contributed by atoms with Crippen molar-refractivity contribution in [3.8, 4) is 16.4 Å². The molecular weight excluding hydrogens is 453 g/mol. The number of carbonyl (C=O) groups is 1. The highest BCUT2D eigenvalue weighted by molar-refractivity contribution is 7.20. The lowest BCUT2D eigenvalue weighted by Gasteiger charge is -2.26. The van der Waals surface area contributed by atoms with Crippen LogP contribution in [0.3, 0.4) is 0 Å². The monoisotopic (exact) mass is 479 g/mol. The molecule has 6 nitrogen and oxygen atoms in total. The van der Waals surface area contributed by atoms with E-state index in [0.29, 0.717) is 19.3 Å². The molecular formula is C26H26FN3O3S. The van der Waals surface area contributed by atoms with Gasteiger partial charge in [0.05, 0.1) is 34.1 Å². The van der Waals surface area contributed by atoms with Gasteiger partial charge in [-0.15, -0.1) is 0 Å². The van der Waals surface area contributed by atoms with Crippen molar-refractivity contribution >= 4 is 27.5 Å². The zero-order valence-electron chi connectivity index (χ0n) is 19.1. The lowest BCUT2D eigenvalue weighted by Crippen LogP contribution is -2.32. The number of rotatable bonds is 6. The van der Waals surface area contributed by atoms with Gasteiger partial charge in [0.15, 0.2) is 0 Å². The molecule has 1 N–H and O–H groups in total. The van der Waals surface area contributed by atoms with Crippen molar-refractivity contribution in [2.24, 2.45) is 0 Å². The third-order valence-electron chi connectivity index (χ3n) is 6.09. The fourth-order valence-electron chi connectivity index (χ4n) is 4.51. The largest absolute Gasteiger partial charge is 0.462 e. The molecule has 2 aromatic carbocycles. The molecule has 0 amide bonds. The number of halogens is 1. The molecule has 34 heavy (non-hydrogen) atoms. The lowest BCUT2D eigenvalue weighted by molar-refractivity contribution is -0.160. The first-order chi connectivity index (χ1) is 16.4. The van der Waals surface area contributed by atoms with Crippen LogP contribution < -0.4 is 0 Å². The molecule has 0 bridgehead atoms. The molecule has 2 atom stereocenters. The van der Waals surface area contributed by atoms with E-state index in [4.69, 9.17) is 14.8 Å². The maximum Gasteiger partial charge on any atom is 0.308 e. The summed E-state index contributed by atoms with van der Waals surface area (Å²) in [7, 11) is 0. The number of benzene rings is 2. The Morgan fingerprint density at radius 3 is 2.68 bits per heavy atom. The molecule has 0 aliphatic carbocycles. The van der Waals surface area contributed by atoms with Crippen molar-refractivity contribution in [2.45, 2.75) is 57.7 Å². The topological polar surface area (TPSA) is 77.2 Å². The van der Waals surface area contributed by atoms with E-state index in [2.05, 4.69) is 13.8 Å². The number of aliphatic hydroxyl groups excluding tert-OH is 1. The van der Waals surface area contributed by atoms with Crippen molar-refractivity contribution < 1.29 is 19.0 Å². The lowest BCUT2D eigenvalue weighted by atomic mass is 9.93. The summed E-state index contributed by atoms with van der Waals surface area (Å²) in [6.45, 7) is 4.18. The molecule has 176 valence electrons. The summed E-state index contributed by atoms with van der Waals surface area (Å²) in [5.41, 5.74) is 4.57. The van der Waals surface area contributed by atoms with Gasteiger partial charge in [-0.05, 0) is 55.2 Å². The molecule has 0 spiro atoms. The first-order valence-corrected chi connectivity index (χ1v) is 12.3. The third-order valence-corrected chi connectivity index (χ3v) is 7.11. The number of aliphatic hydroxyl groups is 1. The Morgan fingerprint density at radius 2 is 1.97 bits per heavy atom. The second-order valence-electron chi connectivity index (χ2n) is 8.99. The number of hydrogen-bond donors (Lipinski definition) is 1. The average molecular weight is 480 g/mol. The van der Waals surface area contributed by atoms with Crippen molar-refractivity contribution in [3.63, 3.8) is 0 Å². The van der Waals surface area contributed by atoms with Crippen LogP contribution in [-0.2, 0) is 16.0 Å². The van der Waals surface area contributed by atoms with Gasteiger partial charge in [-0.1, -0.05) is 37.3 Å². The van der Waals surface area contributed by atoms with Crippen LogP contribution in [-0.4, -0.2) is 38.0 Å². The summed E-state index contributed by atoms with van der Waals surface area (Å²) in [5.74, 6) is -0.523. The minimum absolute atomic E-state index is 0.0457. The van der Waals surface area contributed by atoms with Crippen molar-refractivity contribution in [1.82, 2.24) is 14.8 Å². The summed E-state index contributed by atoms with van der Waals surface area (Å²) < 4.78 is 22.2. The van der Waals surface area contributed by atoms with Gasteiger partial charge in [0.1, 0.15) is 11.9 Å². The van der Waals surface area contributed by atoms with Gasteiger partial charge in [0.25, 0.3) is 0 Å². The Hall–Kier alpha value is -3.10. The Balaban J connectivity index is 1.61. The van der Waals surface area contributed by atoms with E-state index in [9.17, 15) is 14.3 Å². The van der Waals surface area contributed by atoms with Gasteiger partial charge in [0.2, 0.25) is 5.13 Å². The van der Waals surface area contributed by atoms with Crippen LogP contribution in [0, 0.1) is 5.82 Å². The summed E-state index contributed by atoms with van der Waals surface area (Å²) >= 11 is 1.56. The number of ether oxygens (including phenoxy) is 1. The number of fused-ring (bicyclic) bond motifs is 1. The molecule has 5 rings (SSSR count). The molecule has 1 aliphatic rings. The van der Waals surface area contributed by atoms with E-state index >= 15 is 0 Å². The predicted molar refractivity (Wildman–Crippen MR) is 130 cm³/mol. The van der Waals surface area contributed by atoms with Crippen molar-refractivity contribution in [2.75, 3.05) is 0 Å². The van der Waals surface area contributed by atoms with Crippen molar-refractivity contribution in [3.05, 3.63) is 65.6 Å². The highest BCUT2D eigenvalue weighted by Gasteiger charge is 2.29. The molecule has 0 saturated carbocycles. The second-order valence-corrected chi connectivity index (χ2v) is 10.0. The highest BCUT2D eigenvalue weighted by atomic mass is 32.1. The van der Waals surface area contributed by atoms with Crippen LogP contribution in [0.4, 0.5) is 4.39 Å². The van der Waals surface area contributed by atoms with E-state index in [1.54, 1.807) is 23.5 Å². The fraction of sp³-hybridized carbons (Fsp3) is 0.346. The normalized spacial score (nSPS) is 18.6. The number of cyclic esters (lactones) is 1. The Morgan fingerprint density at radius 1 is 1.21 bits per heavy atom. The molecule has 1 fully saturated rings. The molecule has 1 saturated heterocycles. The van der Waals surface area contributed by atoms with Crippen LogP contribution in [0.5, 0.6) is 0 Å². The average Bonchev–Trinajstić information content (AvgIpc) is 3.39. The Labute approximate surface area is 201 Å². The van der Waals surface area contributed by atoms with Gasteiger partial charge >= 0.3 is 5.97 Å². The molecule has 1 aliphatic heterocycles. The predicted octanol–water partition coefficient (Wildman–Crippen LogP) is 5.41. The Kier molecular flexibility index (Phi) is 6.18. The standard InChI is InChI=1S/C26H26FN3O3S/c1-15(2)24-20(12-11-19-13-18(31)14-23(32)33-19)25(16-7-9-17(27)10-8-16)30(29-24)26-28-21-5-3-4-6-22(21)34-26/h3-10,15,18-19,31H,11-14H2,1-2H3. The van der Waals surface area contributed by atoms with E-state index < -0.39 is 6.10 Å². The van der Waals surface area contributed by atoms with E-state index in [1.165, 1.54) is 12.1 Å². The van der Waals surface area contributed by atoms with E-state index in [1.807, 2.05) is 28.9 Å². The van der Waals surface area contributed by atoms with Crippen LogP contribution in [0.2, 0.25) is 0 Å². The summed E-state index contributed by atoms with van der Waals surface area (Å²) in [4.78, 5) is 16.6. The van der Waals surface area contributed by atoms with Crippen LogP contribution in [0.1, 0.15) is 50.3 Å². The van der Waals surface area contributed by atoms with Crippen LogP contribution in [0.15, 0.2) is 48.5 Å². The third kappa shape index (κ3) is 4.48. The van der Waals surface area contributed by atoms with Crippen molar-refractivity contribution in [1.29, 1.82) is 0 Å². The molecule has 3 heterocycles. The van der Waals surface area contributed by atoms with Gasteiger partial charge < -0.3 is 9.84 Å². The number of thiazole rings is 1. The molecule has 8 heteroatoms. The zero-order valence-corrected chi connectivity index (χ0v) is 19.9. The zero-order chi connectivity index (χ0) is 23.8. The highest BCUT2D eigenvalue weighted by Crippen LogP contribution is 2.36.